The van der Waals surface area contributed by atoms with Crippen molar-refractivity contribution in [1.29, 1.82) is 0 Å². The molecule has 0 amide bonds. The van der Waals surface area contributed by atoms with Gasteiger partial charge in [0.25, 0.3) is 0 Å². The van der Waals surface area contributed by atoms with Crippen molar-refractivity contribution >= 4 is 32.8 Å². The van der Waals surface area contributed by atoms with Crippen LogP contribution in [0, 0.1) is 5.82 Å². The Hall–Kier alpha value is -2.42. The average molecular weight is 410 g/mol. The minimum absolute atomic E-state index is 0.343. The summed E-state index contributed by atoms with van der Waals surface area (Å²) in [6.07, 6.45) is 1.44. The molecule has 0 saturated heterocycles. The Bertz CT molecular complexity index is 931. The number of ether oxygens (including phenoxy) is 2. The van der Waals surface area contributed by atoms with Crippen molar-refractivity contribution in [1.82, 2.24) is 19.7 Å². The summed E-state index contributed by atoms with van der Waals surface area (Å²) in [4.78, 5) is 8.49. The molecule has 1 unspecified atom stereocenters. The molecule has 3 rings (SSSR count). The van der Waals surface area contributed by atoms with Gasteiger partial charge in [0.05, 0.1) is 25.6 Å². The summed E-state index contributed by atoms with van der Waals surface area (Å²) in [6, 6.07) is 2.55. The number of nitrogens with one attached hydrogen (secondary N) is 1. The predicted octanol–water partition coefficient (Wildman–Crippen LogP) is 3.46. The van der Waals surface area contributed by atoms with Gasteiger partial charge in [-0.05, 0) is 28.9 Å². The largest absolute Gasteiger partial charge is 0.493 e. The topological polar surface area (TPSA) is 74.1 Å². The van der Waals surface area contributed by atoms with Gasteiger partial charge in [-0.3, -0.25) is 0 Å². The number of halogens is 2. The molecule has 7 nitrogen and oxygen atoms in total. The number of fused-ring (bicyclic) bond motifs is 1. The molecule has 0 aliphatic rings. The van der Waals surface area contributed by atoms with Gasteiger partial charge in [-0.15, -0.1) is 0 Å². The summed E-state index contributed by atoms with van der Waals surface area (Å²) in [7, 11) is 4.77. The molecule has 1 N–H and O–H groups in total. The number of hydrogen-bond donors (Lipinski definition) is 1. The van der Waals surface area contributed by atoms with Crippen LogP contribution in [0.25, 0.3) is 11.0 Å². The van der Waals surface area contributed by atoms with E-state index in [0.29, 0.717) is 33.1 Å². The number of aryl methyl sites for hydroxylation is 1. The van der Waals surface area contributed by atoms with E-state index in [1.807, 2.05) is 6.92 Å². The molecule has 0 fully saturated rings. The first-order valence-corrected chi connectivity index (χ1v) is 8.26. The molecule has 0 saturated carbocycles. The van der Waals surface area contributed by atoms with Crippen LogP contribution in [0.3, 0.4) is 0 Å². The molecule has 1 aromatic carbocycles. The Morgan fingerprint density at radius 3 is 2.56 bits per heavy atom. The van der Waals surface area contributed by atoms with Crippen LogP contribution in [0.15, 0.2) is 23.1 Å². The van der Waals surface area contributed by atoms with Crippen LogP contribution in [0.2, 0.25) is 0 Å². The summed E-state index contributed by atoms with van der Waals surface area (Å²) in [5, 5.41) is 8.23. The highest BCUT2D eigenvalue weighted by Crippen LogP contribution is 2.34. The molecular weight excluding hydrogens is 393 g/mol. The monoisotopic (exact) mass is 409 g/mol. The minimum Gasteiger partial charge on any atom is -0.493 e. The maximum absolute atomic E-state index is 14.5. The Morgan fingerprint density at radius 1 is 1.20 bits per heavy atom. The Morgan fingerprint density at radius 2 is 1.88 bits per heavy atom. The van der Waals surface area contributed by atoms with E-state index in [1.165, 1.54) is 26.6 Å². The van der Waals surface area contributed by atoms with Crippen molar-refractivity contribution in [2.45, 2.75) is 13.0 Å². The quantitative estimate of drug-likeness (QED) is 0.695. The molecule has 0 radical (unpaired) electrons. The van der Waals surface area contributed by atoms with E-state index in [9.17, 15) is 4.39 Å². The molecule has 25 heavy (non-hydrogen) atoms. The SMILES string of the molecule is COc1cc(F)c(C(C)Nc2ncnc3c2c(Br)nn3C)cc1OC. The van der Waals surface area contributed by atoms with Crippen molar-refractivity contribution in [2.75, 3.05) is 19.5 Å². The first-order valence-electron chi connectivity index (χ1n) is 7.47. The lowest BCUT2D eigenvalue weighted by Crippen LogP contribution is -2.11. The molecule has 0 aliphatic heterocycles. The molecule has 0 aliphatic carbocycles. The Labute approximate surface area is 152 Å². The van der Waals surface area contributed by atoms with Gasteiger partial charge in [-0.1, -0.05) is 0 Å². The maximum atomic E-state index is 14.5. The van der Waals surface area contributed by atoms with E-state index in [2.05, 4.69) is 36.3 Å². The van der Waals surface area contributed by atoms with Crippen molar-refractivity contribution in [3.05, 3.63) is 34.4 Å². The Balaban J connectivity index is 2.00. The molecule has 3 aromatic rings. The van der Waals surface area contributed by atoms with Crippen LogP contribution >= 0.6 is 15.9 Å². The number of nitrogens with zero attached hydrogens (tertiary/aromatic N) is 4. The fourth-order valence-corrected chi connectivity index (χ4v) is 3.24. The second kappa shape index (κ2) is 6.83. The zero-order chi connectivity index (χ0) is 18.1. The lowest BCUT2D eigenvalue weighted by atomic mass is 10.1. The van der Waals surface area contributed by atoms with E-state index in [0.717, 1.165) is 5.39 Å². The number of anilines is 1. The van der Waals surface area contributed by atoms with Crippen molar-refractivity contribution in [3.8, 4) is 11.5 Å². The van der Waals surface area contributed by atoms with Gasteiger partial charge in [-0.25, -0.2) is 19.0 Å². The predicted molar refractivity (Wildman–Crippen MR) is 95.5 cm³/mol. The fraction of sp³-hybridized carbons (Fsp3) is 0.312. The average Bonchev–Trinajstić information content (AvgIpc) is 2.89. The molecule has 2 heterocycles. The van der Waals surface area contributed by atoms with Gasteiger partial charge in [-0.2, -0.15) is 5.10 Å². The van der Waals surface area contributed by atoms with E-state index in [4.69, 9.17) is 9.47 Å². The number of rotatable bonds is 5. The van der Waals surface area contributed by atoms with Gasteiger partial charge in [0.1, 0.15) is 22.6 Å². The zero-order valence-electron chi connectivity index (χ0n) is 14.2. The van der Waals surface area contributed by atoms with E-state index in [-0.39, 0.29) is 6.04 Å². The lowest BCUT2D eigenvalue weighted by molar-refractivity contribution is 0.351. The Kier molecular flexibility index (Phi) is 4.76. The van der Waals surface area contributed by atoms with Crippen LogP contribution in [0.5, 0.6) is 11.5 Å². The summed E-state index contributed by atoms with van der Waals surface area (Å²) < 4.78 is 27.1. The van der Waals surface area contributed by atoms with E-state index >= 15 is 0 Å². The summed E-state index contributed by atoms with van der Waals surface area (Å²) >= 11 is 3.41. The van der Waals surface area contributed by atoms with Crippen LogP contribution in [0.1, 0.15) is 18.5 Å². The minimum atomic E-state index is -0.395. The standard InChI is InChI=1S/C16H17BrFN5O2/c1-8(9-5-11(24-3)12(25-4)6-10(9)18)21-15-13-14(17)22-23(2)16(13)20-7-19-15/h5-8H,1-4H3,(H,19,20,21). The second-order valence-electron chi connectivity index (χ2n) is 5.43. The highest BCUT2D eigenvalue weighted by atomic mass is 79.9. The molecule has 0 spiro atoms. The number of benzene rings is 1. The van der Waals surface area contributed by atoms with Gasteiger partial charge in [0, 0.05) is 18.7 Å². The first-order chi connectivity index (χ1) is 12.0. The summed E-state index contributed by atoms with van der Waals surface area (Å²) in [5.74, 6) is 0.971. The zero-order valence-corrected chi connectivity index (χ0v) is 15.8. The molecule has 1 atom stereocenters. The van der Waals surface area contributed by atoms with Crippen molar-refractivity contribution < 1.29 is 13.9 Å². The van der Waals surface area contributed by atoms with Crippen LogP contribution in [0.4, 0.5) is 10.2 Å². The van der Waals surface area contributed by atoms with Crippen molar-refractivity contribution in [3.63, 3.8) is 0 Å². The van der Waals surface area contributed by atoms with Crippen LogP contribution in [-0.4, -0.2) is 34.0 Å². The number of aromatic nitrogens is 4. The second-order valence-corrected chi connectivity index (χ2v) is 6.18. The third kappa shape index (κ3) is 3.11. The van der Waals surface area contributed by atoms with Crippen LogP contribution in [-0.2, 0) is 7.05 Å². The third-order valence-electron chi connectivity index (χ3n) is 3.90. The fourth-order valence-electron chi connectivity index (χ4n) is 2.63. The highest BCUT2D eigenvalue weighted by Gasteiger charge is 2.19. The molecule has 2 aromatic heterocycles. The molecule has 132 valence electrons. The number of methoxy groups -OCH3 is 2. The van der Waals surface area contributed by atoms with E-state index in [1.54, 1.807) is 17.8 Å². The maximum Gasteiger partial charge on any atom is 0.164 e. The van der Waals surface area contributed by atoms with Crippen molar-refractivity contribution in [2.24, 2.45) is 7.05 Å². The van der Waals surface area contributed by atoms with Gasteiger partial charge < -0.3 is 14.8 Å². The molecular formula is C16H17BrFN5O2. The number of hydrogen-bond acceptors (Lipinski definition) is 6. The van der Waals surface area contributed by atoms with E-state index < -0.39 is 5.82 Å². The first kappa shape index (κ1) is 17.4. The lowest BCUT2D eigenvalue weighted by Gasteiger charge is -2.18. The van der Waals surface area contributed by atoms with Gasteiger partial charge in [0.15, 0.2) is 17.1 Å². The van der Waals surface area contributed by atoms with Gasteiger partial charge in [0.2, 0.25) is 0 Å². The third-order valence-corrected chi connectivity index (χ3v) is 4.46. The smallest absolute Gasteiger partial charge is 0.164 e. The highest BCUT2D eigenvalue weighted by molar-refractivity contribution is 9.10. The van der Waals surface area contributed by atoms with Gasteiger partial charge >= 0.3 is 0 Å². The summed E-state index contributed by atoms with van der Waals surface area (Å²) in [6.45, 7) is 1.84. The molecule has 0 bridgehead atoms. The normalized spacial score (nSPS) is 12.2. The van der Waals surface area contributed by atoms with Crippen LogP contribution < -0.4 is 14.8 Å². The summed E-state index contributed by atoms with van der Waals surface area (Å²) in [5.41, 5.74) is 1.11. The molecule has 9 heteroatoms.